The Bertz CT molecular complexity index is 856. The van der Waals surface area contributed by atoms with Gasteiger partial charge in [-0.3, -0.25) is 9.59 Å². The smallest absolute Gasteiger partial charge is 0.263 e. The third-order valence-electron chi connectivity index (χ3n) is 5.60. The molecule has 1 unspecified atom stereocenters. The fraction of sp³-hybridized carbons (Fsp3) is 0.520. The van der Waals surface area contributed by atoms with Gasteiger partial charge in [0.15, 0.2) is 0 Å². The van der Waals surface area contributed by atoms with Crippen molar-refractivity contribution in [2.75, 3.05) is 12.5 Å². The van der Waals surface area contributed by atoms with Crippen LogP contribution in [-0.2, 0) is 6.42 Å². The van der Waals surface area contributed by atoms with E-state index in [0.29, 0.717) is 0 Å². The second-order valence-electron chi connectivity index (χ2n) is 7.60. The molecular weight excluding hydrogens is 392 g/mol. The van der Waals surface area contributed by atoms with Gasteiger partial charge in [0.1, 0.15) is 5.56 Å². The lowest BCUT2D eigenvalue weighted by atomic mass is 9.95. The van der Waals surface area contributed by atoms with E-state index in [9.17, 15) is 9.59 Å². The maximum atomic E-state index is 13.0. The molecule has 1 aromatic heterocycles. The van der Waals surface area contributed by atoms with Gasteiger partial charge < -0.3 is 9.88 Å². The summed E-state index contributed by atoms with van der Waals surface area (Å²) in [5.74, 6) is -0.225. The number of carbonyl (C=O) groups is 1. The Labute approximate surface area is 185 Å². The van der Waals surface area contributed by atoms with Crippen LogP contribution in [0.4, 0.5) is 0 Å². The van der Waals surface area contributed by atoms with E-state index < -0.39 is 0 Å². The van der Waals surface area contributed by atoms with Gasteiger partial charge >= 0.3 is 0 Å². The number of fused-ring (bicyclic) bond motifs is 1. The highest BCUT2D eigenvalue weighted by atomic mass is 32.2. The van der Waals surface area contributed by atoms with E-state index in [1.165, 1.54) is 17.5 Å². The van der Waals surface area contributed by atoms with E-state index in [1.54, 1.807) is 22.4 Å². The molecule has 1 fully saturated rings. The van der Waals surface area contributed by atoms with Gasteiger partial charge in [0, 0.05) is 12.2 Å². The standard InChI is InChI=1S/C21H24N2O2.C2H6S.C2H6/c24-20(22-16-8-2-1-3-9-16)18-11-6-14-23(21(18)25)19-13-12-15-7-4-5-10-17(15)19;1-3-2;1-2/h4-7,10-11,14,16,19H,1-3,8-9,12-13H2,(H,22,24);1-2H3;1-2H3. The number of carbonyl (C=O) groups excluding carboxylic acids is 1. The Hall–Kier alpha value is -2.01. The topological polar surface area (TPSA) is 51.1 Å². The Morgan fingerprint density at radius 3 is 2.37 bits per heavy atom. The number of aryl methyl sites for hydroxylation is 1. The molecule has 0 saturated heterocycles. The molecule has 4 nitrogen and oxygen atoms in total. The van der Waals surface area contributed by atoms with E-state index >= 15 is 0 Å². The molecule has 0 radical (unpaired) electrons. The molecule has 1 atom stereocenters. The molecule has 1 heterocycles. The van der Waals surface area contributed by atoms with Crippen molar-refractivity contribution in [1.29, 1.82) is 0 Å². The van der Waals surface area contributed by atoms with E-state index in [1.807, 2.05) is 50.8 Å². The molecule has 30 heavy (non-hydrogen) atoms. The van der Waals surface area contributed by atoms with E-state index in [-0.39, 0.29) is 29.1 Å². The molecule has 2 aromatic rings. The normalized spacial score (nSPS) is 17.7. The largest absolute Gasteiger partial charge is 0.349 e. The Morgan fingerprint density at radius 2 is 1.67 bits per heavy atom. The lowest BCUT2D eigenvalue weighted by molar-refractivity contribution is 0.0925. The fourth-order valence-corrected chi connectivity index (χ4v) is 4.26. The molecule has 1 N–H and O–H groups in total. The van der Waals surface area contributed by atoms with Crippen LogP contribution >= 0.6 is 11.8 Å². The predicted octanol–water partition coefficient (Wildman–Crippen LogP) is 5.45. The molecule has 5 heteroatoms. The summed E-state index contributed by atoms with van der Waals surface area (Å²) in [5.41, 5.74) is 2.58. The summed E-state index contributed by atoms with van der Waals surface area (Å²) in [6, 6.07) is 12.0. The first-order valence-corrected chi connectivity index (χ1v) is 12.8. The van der Waals surface area contributed by atoms with Crippen LogP contribution in [0.3, 0.4) is 0 Å². The summed E-state index contributed by atoms with van der Waals surface area (Å²) in [7, 11) is 0. The molecule has 1 aromatic carbocycles. The predicted molar refractivity (Wildman–Crippen MR) is 129 cm³/mol. The monoisotopic (exact) mass is 428 g/mol. The van der Waals surface area contributed by atoms with Crippen LogP contribution in [0, 0.1) is 0 Å². The summed E-state index contributed by atoms with van der Waals surface area (Å²) < 4.78 is 1.74. The Balaban J connectivity index is 0.000000590. The highest BCUT2D eigenvalue weighted by Gasteiger charge is 2.26. The van der Waals surface area contributed by atoms with Gasteiger partial charge in [-0.15, -0.1) is 0 Å². The molecular formula is C25H36N2O2S. The second kappa shape index (κ2) is 12.6. The number of amides is 1. The average Bonchev–Trinajstić information content (AvgIpc) is 3.20. The fourth-order valence-electron chi connectivity index (χ4n) is 4.26. The Morgan fingerprint density at radius 1 is 1.00 bits per heavy atom. The number of pyridine rings is 1. The zero-order valence-electron chi connectivity index (χ0n) is 18.8. The van der Waals surface area contributed by atoms with Crippen molar-refractivity contribution >= 4 is 17.7 Å². The zero-order valence-corrected chi connectivity index (χ0v) is 19.6. The molecule has 2 aliphatic rings. The number of hydrogen-bond acceptors (Lipinski definition) is 3. The third kappa shape index (κ3) is 6.00. The first-order chi connectivity index (χ1) is 14.7. The molecule has 0 spiro atoms. The summed E-state index contributed by atoms with van der Waals surface area (Å²) >= 11 is 1.75. The summed E-state index contributed by atoms with van der Waals surface area (Å²) in [4.78, 5) is 25.6. The average molecular weight is 429 g/mol. The zero-order chi connectivity index (χ0) is 21.9. The second-order valence-corrected chi connectivity index (χ2v) is 8.42. The first-order valence-electron chi connectivity index (χ1n) is 11.2. The van der Waals surface area contributed by atoms with Crippen molar-refractivity contribution in [1.82, 2.24) is 9.88 Å². The minimum Gasteiger partial charge on any atom is -0.349 e. The summed E-state index contributed by atoms with van der Waals surface area (Å²) in [5, 5.41) is 3.06. The van der Waals surface area contributed by atoms with Crippen LogP contribution < -0.4 is 10.9 Å². The molecule has 1 saturated carbocycles. The van der Waals surface area contributed by atoms with Gasteiger partial charge in [-0.2, -0.15) is 11.8 Å². The van der Waals surface area contributed by atoms with Crippen LogP contribution in [0.5, 0.6) is 0 Å². The van der Waals surface area contributed by atoms with Crippen LogP contribution in [0.2, 0.25) is 0 Å². The first kappa shape index (κ1) is 24.3. The van der Waals surface area contributed by atoms with E-state index in [4.69, 9.17) is 0 Å². The SMILES string of the molecule is CC.CSC.O=C(NC1CCCCC1)c1cccn(C2CCc3ccccc32)c1=O. The highest BCUT2D eigenvalue weighted by Crippen LogP contribution is 2.33. The van der Waals surface area contributed by atoms with E-state index in [2.05, 4.69) is 17.4 Å². The van der Waals surface area contributed by atoms with Crippen molar-refractivity contribution in [3.8, 4) is 0 Å². The number of nitrogens with one attached hydrogen (secondary N) is 1. The minimum absolute atomic E-state index is 0.0335. The number of hydrogen-bond donors (Lipinski definition) is 1. The van der Waals surface area contributed by atoms with Crippen molar-refractivity contribution in [3.63, 3.8) is 0 Å². The summed E-state index contributed by atoms with van der Waals surface area (Å²) in [6.07, 6.45) is 13.4. The van der Waals surface area contributed by atoms with Crippen molar-refractivity contribution < 1.29 is 4.79 Å². The van der Waals surface area contributed by atoms with E-state index in [0.717, 1.165) is 38.5 Å². The maximum Gasteiger partial charge on any atom is 0.263 e. The molecule has 164 valence electrons. The molecule has 0 bridgehead atoms. The van der Waals surface area contributed by atoms with Gasteiger partial charge in [0.2, 0.25) is 0 Å². The Kier molecular flexibility index (Phi) is 10.2. The van der Waals surface area contributed by atoms with Crippen LogP contribution in [0.15, 0.2) is 47.4 Å². The number of aromatic nitrogens is 1. The van der Waals surface area contributed by atoms with Gasteiger partial charge in [0.25, 0.3) is 11.5 Å². The molecule has 0 aliphatic heterocycles. The maximum absolute atomic E-state index is 13.0. The number of nitrogens with zero attached hydrogens (tertiary/aromatic N) is 1. The molecule has 2 aliphatic carbocycles. The lowest BCUT2D eigenvalue weighted by Gasteiger charge is -2.23. The number of thioether (sulfide) groups is 1. The highest BCUT2D eigenvalue weighted by molar-refractivity contribution is 7.97. The number of rotatable bonds is 3. The third-order valence-corrected chi connectivity index (χ3v) is 5.60. The van der Waals surface area contributed by atoms with Gasteiger partial charge in [-0.1, -0.05) is 57.4 Å². The van der Waals surface area contributed by atoms with Crippen molar-refractivity contribution in [2.24, 2.45) is 0 Å². The molecule has 1 amide bonds. The van der Waals surface area contributed by atoms with Gasteiger partial charge in [0.05, 0.1) is 6.04 Å². The lowest BCUT2D eigenvalue weighted by Crippen LogP contribution is -2.40. The minimum atomic E-state index is -0.225. The van der Waals surface area contributed by atoms with Crippen molar-refractivity contribution in [3.05, 3.63) is 69.6 Å². The molecule has 4 rings (SSSR count). The van der Waals surface area contributed by atoms with Crippen LogP contribution in [0.1, 0.15) is 79.9 Å². The quantitative estimate of drug-likeness (QED) is 0.707. The number of benzene rings is 1. The summed E-state index contributed by atoms with van der Waals surface area (Å²) in [6.45, 7) is 4.00. The van der Waals surface area contributed by atoms with Crippen molar-refractivity contribution in [2.45, 2.75) is 70.9 Å². The van der Waals surface area contributed by atoms with Gasteiger partial charge in [-0.05, 0) is 61.5 Å². The van der Waals surface area contributed by atoms with Gasteiger partial charge in [-0.25, -0.2) is 0 Å². The van der Waals surface area contributed by atoms with Crippen LogP contribution in [0.25, 0.3) is 0 Å². The van der Waals surface area contributed by atoms with Crippen LogP contribution in [-0.4, -0.2) is 29.0 Å².